The number of allylic oxidation sites excluding steroid dienone is 1. The number of rotatable bonds is 4. The van der Waals surface area contributed by atoms with E-state index >= 15 is 0 Å². The van der Waals surface area contributed by atoms with Gasteiger partial charge in [0, 0.05) is 18.5 Å². The average molecular weight is 208 g/mol. The van der Waals surface area contributed by atoms with E-state index < -0.39 is 0 Å². The molecule has 0 fully saturated rings. The summed E-state index contributed by atoms with van der Waals surface area (Å²) in [5.41, 5.74) is -0.275. The number of ether oxygens (including phenoxy) is 1. The molecule has 82 valence electrons. The Labute approximate surface area is 89.6 Å². The minimum atomic E-state index is -0.314. The molecule has 4 nitrogen and oxygen atoms in total. The van der Waals surface area contributed by atoms with Crippen molar-refractivity contribution >= 4 is 5.97 Å². The Morgan fingerprint density at radius 2 is 2.33 bits per heavy atom. The molecule has 0 N–H and O–H groups in total. The zero-order chi connectivity index (χ0) is 11.3. The number of imidazole rings is 1. The molecule has 0 spiro atoms. The molecule has 15 heavy (non-hydrogen) atoms. The highest BCUT2D eigenvalue weighted by Gasteiger charge is 2.15. The molecule has 0 aliphatic carbocycles. The van der Waals surface area contributed by atoms with Crippen LogP contribution in [-0.2, 0) is 15.1 Å². The standard InChI is InChI=1S/C11H16N2O2/c1-4-15-10(14)5-6-11(2,3)13-8-7-12-9-13/h5-9H,4H2,1-3H3. The number of hydrogen-bond donors (Lipinski definition) is 0. The van der Waals surface area contributed by atoms with Gasteiger partial charge in [-0.2, -0.15) is 0 Å². The van der Waals surface area contributed by atoms with Crippen molar-refractivity contribution in [1.29, 1.82) is 0 Å². The molecular weight excluding hydrogens is 192 g/mol. The van der Waals surface area contributed by atoms with E-state index in [0.717, 1.165) is 0 Å². The monoisotopic (exact) mass is 208 g/mol. The number of nitrogens with zero attached hydrogens (tertiary/aromatic N) is 2. The molecule has 0 unspecified atom stereocenters. The molecule has 1 aromatic rings. The predicted octanol–water partition coefficient (Wildman–Crippen LogP) is 1.74. The minimum absolute atomic E-state index is 0.275. The second-order valence-electron chi connectivity index (χ2n) is 3.71. The maximum Gasteiger partial charge on any atom is 0.330 e. The molecule has 0 bridgehead atoms. The molecule has 1 heterocycles. The Balaban J connectivity index is 2.68. The second-order valence-corrected chi connectivity index (χ2v) is 3.71. The van der Waals surface area contributed by atoms with Crippen molar-refractivity contribution in [3.63, 3.8) is 0 Å². The highest BCUT2D eigenvalue weighted by Crippen LogP contribution is 2.15. The molecule has 1 aromatic heterocycles. The van der Waals surface area contributed by atoms with Gasteiger partial charge >= 0.3 is 5.97 Å². The van der Waals surface area contributed by atoms with Gasteiger partial charge < -0.3 is 9.30 Å². The van der Waals surface area contributed by atoms with Crippen molar-refractivity contribution in [3.8, 4) is 0 Å². The lowest BCUT2D eigenvalue weighted by Crippen LogP contribution is -2.22. The Kier molecular flexibility index (Phi) is 3.66. The fourth-order valence-electron chi connectivity index (χ4n) is 1.15. The largest absolute Gasteiger partial charge is 0.463 e. The lowest BCUT2D eigenvalue weighted by molar-refractivity contribution is -0.137. The van der Waals surface area contributed by atoms with Gasteiger partial charge in [-0.15, -0.1) is 0 Å². The SMILES string of the molecule is CCOC(=O)C=CC(C)(C)n1ccnc1. The molecular formula is C11H16N2O2. The average Bonchev–Trinajstić information content (AvgIpc) is 2.69. The van der Waals surface area contributed by atoms with Crippen LogP contribution in [0.1, 0.15) is 20.8 Å². The van der Waals surface area contributed by atoms with E-state index in [1.807, 2.05) is 24.6 Å². The van der Waals surface area contributed by atoms with Crippen LogP contribution in [0.25, 0.3) is 0 Å². The first kappa shape index (κ1) is 11.5. The van der Waals surface area contributed by atoms with E-state index in [2.05, 4.69) is 4.98 Å². The first-order chi connectivity index (χ1) is 7.06. The predicted molar refractivity (Wildman–Crippen MR) is 57.3 cm³/mol. The van der Waals surface area contributed by atoms with Crippen molar-refractivity contribution in [2.75, 3.05) is 6.61 Å². The summed E-state index contributed by atoms with van der Waals surface area (Å²) in [7, 11) is 0. The van der Waals surface area contributed by atoms with Crippen LogP contribution < -0.4 is 0 Å². The normalized spacial score (nSPS) is 11.9. The quantitative estimate of drug-likeness (QED) is 0.559. The molecule has 0 radical (unpaired) electrons. The molecule has 0 amide bonds. The van der Waals surface area contributed by atoms with Crippen molar-refractivity contribution in [2.24, 2.45) is 0 Å². The van der Waals surface area contributed by atoms with Crippen molar-refractivity contribution in [3.05, 3.63) is 30.9 Å². The summed E-state index contributed by atoms with van der Waals surface area (Å²) >= 11 is 0. The Morgan fingerprint density at radius 3 is 2.87 bits per heavy atom. The molecule has 0 aromatic carbocycles. The number of carbonyl (C=O) groups excluding carboxylic acids is 1. The smallest absolute Gasteiger partial charge is 0.330 e. The summed E-state index contributed by atoms with van der Waals surface area (Å²) in [5, 5.41) is 0. The second kappa shape index (κ2) is 4.77. The third kappa shape index (κ3) is 3.23. The third-order valence-electron chi connectivity index (χ3n) is 2.08. The molecule has 0 aliphatic heterocycles. The van der Waals surface area contributed by atoms with Crippen molar-refractivity contribution in [2.45, 2.75) is 26.3 Å². The van der Waals surface area contributed by atoms with E-state index in [-0.39, 0.29) is 11.5 Å². The summed E-state index contributed by atoms with van der Waals surface area (Å²) in [6.45, 7) is 6.16. The van der Waals surface area contributed by atoms with E-state index in [1.165, 1.54) is 6.08 Å². The first-order valence-corrected chi connectivity index (χ1v) is 4.90. The highest BCUT2D eigenvalue weighted by atomic mass is 16.5. The fourth-order valence-corrected chi connectivity index (χ4v) is 1.15. The van der Waals surface area contributed by atoms with Crippen LogP contribution in [0.2, 0.25) is 0 Å². The van der Waals surface area contributed by atoms with Crippen molar-refractivity contribution < 1.29 is 9.53 Å². The van der Waals surface area contributed by atoms with E-state index in [0.29, 0.717) is 6.61 Å². The van der Waals surface area contributed by atoms with Gasteiger partial charge in [0.25, 0.3) is 0 Å². The van der Waals surface area contributed by atoms with Gasteiger partial charge in [0.15, 0.2) is 0 Å². The minimum Gasteiger partial charge on any atom is -0.463 e. The third-order valence-corrected chi connectivity index (χ3v) is 2.08. The van der Waals surface area contributed by atoms with Gasteiger partial charge in [-0.3, -0.25) is 0 Å². The van der Waals surface area contributed by atoms with Gasteiger partial charge in [0.05, 0.1) is 18.5 Å². The molecule has 0 aliphatic rings. The van der Waals surface area contributed by atoms with Gasteiger partial charge in [-0.25, -0.2) is 9.78 Å². The van der Waals surface area contributed by atoms with Gasteiger partial charge in [-0.05, 0) is 20.8 Å². The van der Waals surface area contributed by atoms with Crippen molar-refractivity contribution in [1.82, 2.24) is 9.55 Å². The Bertz CT molecular complexity index is 339. The molecule has 0 saturated heterocycles. The van der Waals surface area contributed by atoms with Crippen LogP contribution >= 0.6 is 0 Å². The first-order valence-electron chi connectivity index (χ1n) is 4.90. The number of carbonyl (C=O) groups is 1. The summed E-state index contributed by atoms with van der Waals surface area (Å²) in [4.78, 5) is 15.1. The summed E-state index contributed by atoms with van der Waals surface area (Å²) < 4.78 is 6.72. The fraction of sp³-hybridized carbons (Fsp3) is 0.455. The van der Waals surface area contributed by atoms with Crippen LogP contribution in [0.3, 0.4) is 0 Å². The van der Waals surface area contributed by atoms with E-state index in [9.17, 15) is 4.79 Å². The maximum absolute atomic E-state index is 11.1. The molecule has 0 atom stereocenters. The Morgan fingerprint density at radius 1 is 1.60 bits per heavy atom. The highest BCUT2D eigenvalue weighted by molar-refractivity contribution is 5.82. The van der Waals surface area contributed by atoms with Crippen LogP contribution in [0.15, 0.2) is 30.9 Å². The zero-order valence-electron chi connectivity index (χ0n) is 9.30. The number of esters is 1. The van der Waals surface area contributed by atoms with E-state index in [1.54, 1.807) is 25.5 Å². The summed E-state index contributed by atoms with van der Waals surface area (Å²) in [6.07, 6.45) is 8.53. The zero-order valence-corrected chi connectivity index (χ0v) is 9.30. The van der Waals surface area contributed by atoms with Crippen LogP contribution in [-0.4, -0.2) is 22.1 Å². The molecule has 0 saturated carbocycles. The van der Waals surface area contributed by atoms with Crippen LogP contribution in [0.5, 0.6) is 0 Å². The maximum atomic E-state index is 11.1. The van der Waals surface area contributed by atoms with E-state index in [4.69, 9.17) is 4.74 Å². The number of hydrogen-bond acceptors (Lipinski definition) is 3. The Hall–Kier alpha value is -1.58. The van der Waals surface area contributed by atoms with Crippen LogP contribution in [0.4, 0.5) is 0 Å². The lowest BCUT2D eigenvalue weighted by atomic mass is 10.1. The lowest BCUT2D eigenvalue weighted by Gasteiger charge is -2.21. The van der Waals surface area contributed by atoms with Crippen LogP contribution in [0, 0.1) is 0 Å². The summed E-state index contributed by atoms with van der Waals surface area (Å²) in [6, 6.07) is 0. The number of aromatic nitrogens is 2. The molecule has 4 heteroatoms. The van der Waals surface area contributed by atoms with Gasteiger partial charge in [0.2, 0.25) is 0 Å². The van der Waals surface area contributed by atoms with Gasteiger partial charge in [-0.1, -0.05) is 6.08 Å². The molecule has 1 rings (SSSR count). The van der Waals surface area contributed by atoms with Gasteiger partial charge in [0.1, 0.15) is 0 Å². The topological polar surface area (TPSA) is 44.1 Å². The summed E-state index contributed by atoms with van der Waals surface area (Å²) in [5.74, 6) is -0.314.